The summed E-state index contributed by atoms with van der Waals surface area (Å²) in [4.78, 5) is 36.5. The Balaban J connectivity index is 1.38. The van der Waals surface area contributed by atoms with E-state index in [0.29, 0.717) is 25.5 Å². The number of fused-ring (bicyclic) bond motifs is 2. The van der Waals surface area contributed by atoms with E-state index in [1.54, 1.807) is 32.6 Å². The molecule has 1 aromatic heterocycles. The number of amidine groups is 1. The number of benzene rings is 1. The van der Waals surface area contributed by atoms with E-state index < -0.39 is 11.7 Å². The van der Waals surface area contributed by atoms with Gasteiger partial charge in [-0.2, -0.15) is 10.1 Å². The van der Waals surface area contributed by atoms with Gasteiger partial charge in [0, 0.05) is 6.54 Å². The van der Waals surface area contributed by atoms with Crippen molar-refractivity contribution < 1.29 is 23.6 Å². The zero-order valence-corrected chi connectivity index (χ0v) is 19.1. The molecule has 11 nitrogen and oxygen atoms in total. The van der Waals surface area contributed by atoms with Crippen LogP contribution in [0, 0.1) is 0 Å². The minimum atomic E-state index is -0.625. The Kier molecular flexibility index (Phi) is 6.32. The van der Waals surface area contributed by atoms with Crippen molar-refractivity contribution in [2.75, 3.05) is 6.54 Å². The molecule has 1 aromatic carbocycles. The van der Waals surface area contributed by atoms with Crippen molar-refractivity contribution in [1.29, 1.82) is 0 Å². The van der Waals surface area contributed by atoms with Crippen LogP contribution in [0.15, 0.2) is 39.7 Å². The van der Waals surface area contributed by atoms with E-state index >= 15 is 0 Å². The average molecular weight is 457 g/mol. The number of hydrogen-bond acceptors (Lipinski definition) is 8. The number of amides is 3. The third-order valence-electron chi connectivity index (χ3n) is 5.20. The van der Waals surface area contributed by atoms with Gasteiger partial charge in [-0.05, 0) is 46.1 Å². The van der Waals surface area contributed by atoms with Gasteiger partial charge >= 0.3 is 18.1 Å². The summed E-state index contributed by atoms with van der Waals surface area (Å²) in [7, 11) is 0. The Morgan fingerprint density at radius 2 is 2.00 bits per heavy atom. The highest BCUT2D eigenvalue weighted by atomic mass is 16.7. The van der Waals surface area contributed by atoms with E-state index in [1.165, 1.54) is 5.06 Å². The Morgan fingerprint density at radius 1 is 1.24 bits per heavy atom. The standard InChI is InChI=1S/C22H28N6O5/c1-14(24-20(29)33-22(2,3)4)23-19-26-25-18(32-19)17-11-10-16-12-27(17)21(30)28(16)31-13-15-8-6-5-7-9-15/h5-9,16-17H,10-13H2,1-4H3,(H,23,24,26,29). The second-order valence-electron chi connectivity index (χ2n) is 9.01. The number of aromatic nitrogens is 2. The van der Waals surface area contributed by atoms with Gasteiger partial charge in [0.1, 0.15) is 24.1 Å². The summed E-state index contributed by atoms with van der Waals surface area (Å²) in [6.07, 6.45) is 0.796. The smallest absolute Gasteiger partial charge is 0.413 e. The van der Waals surface area contributed by atoms with Crippen LogP contribution in [0.2, 0.25) is 0 Å². The van der Waals surface area contributed by atoms with Crippen LogP contribution in [-0.2, 0) is 16.2 Å². The molecule has 0 saturated carbocycles. The van der Waals surface area contributed by atoms with Crippen LogP contribution in [0.5, 0.6) is 0 Å². The van der Waals surface area contributed by atoms with E-state index in [1.807, 2.05) is 30.3 Å². The lowest BCUT2D eigenvalue weighted by molar-refractivity contribution is -0.140. The predicted molar refractivity (Wildman–Crippen MR) is 117 cm³/mol. The number of urea groups is 1. The third kappa shape index (κ3) is 5.48. The lowest BCUT2D eigenvalue weighted by Gasteiger charge is -2.27. The number of hydroxylamine groups is 2. The van der Waals surface area contributed by atoms with Crippen molar-refractivity contribution in [2.45, 2.75) is 64.8 Å². The summed E-state index contributed by atoms with van der Waals surface area (Å²) >= 11 is 0. The van der Waals surface area contributed by atoms with Crippen LogP contribution in [0.3, 0.4) is 0 Å². The first-order valence-corrected chi connectivity index (χ1v) is 10.8. The molecular weight excluding hydrogens is 428 g/mol. The molecule has 3 amide bonds. The molecule has 2 aliphatic heterocycles. The fourth-order valence-corrected chi connectivity index (χ4v) is 3.80. The van der Waals surface area contributed by atoms with Crippen LogP contribution >= 0.6 is 0 Å². The topological polar surface area (TPSA) is 122 Å². The summed E-state index contributed by atoms with van der Waals surface area (Å²) in [5.41, 5.74) is 0.370. The lowest BCUT2D eigenvalue weighted by atomic mass is 10.0. The summed E-state index contributed by atoms with van der Waals surface area (Å²) < 4.78 is 10.9. The van der Waals surface area contributed by atoms with Gasteiger partial charge in [-0.15, -0.1) is 5.10 Å². The number of piperidine rings is 1. The van der Waals surface area contributed by atoms with E-state index in [-0.39, 0.29) is 30.0 Å². The SMILES string of the molecule is CC(=Nc1nnc(C2CCC3CN2C(=O)N3OCc2ccccc2)o1)NC(=O)OC(C)(C)C. The predicted octanol–water partition coefficient (Wildman–Crippen LogP) is 3.72. The summed E-state index contributed by atoms with van der Waals surface area (Å²) in [6.45, 7) is 7.75. The van der Waals surface area contributed by atoms with E-state index in [0.717, 1.165) is 12.0 Å². The molecule has 2 saturated heterocycles. The second kappa shape index (κ2) is 9.18. The first-order chi connectivity index (χ1) is 15.7. The summed E-state index contributed by atoms with van der Waals surface area (Å²) in [5.74, 6) is 0.552. The monoisotopic (exact) mass is 456 g/mol. The highest BCUT2D eigenvalue weighted by Gasteiger charge is 2.47. The summed E-state index contributed by atoms with van der Waals surface area (Å²) in [5, 5.41) is 12.0. The molecule has 2 atom stereocenters. The molecule has 33 heavy (non-hydrogen) atoms. The van der Waals surface area contributed by atoms with Crippen LogP contribution in [0.1, 0.15) is 58.0 Å². The molecule has 1 N–H and O–H groups in total. The minimum Gasteiger partial charge on any atom is -0.444 e. The third-order valence-corrected chi connectivity index (χ3v) is 5.20. The molecule has 2 bridgehead atoms. The zero-order valence-electron chi connectivity index (χ0n) is 19.1. The summed E-state index contributed by atoms with van der Waals surface area (Å²) in [6, 6.07) is 9.12. The maximum Gasteiger partial charge on any atom is 0.413 e. The number of nitrogens with one attached hydrogen (secondary N) is 1. The largest absolute Gasteiger partial charge is 0.444 e. The number of ether oxygens (including phenoxy) is 1. The molecular formula is C22H28N6O5. The van der Waals surface area contributed by atoms with E-state index in [4.69, 9.17) is 14.0 Å². The van der Waals surface area contributed by atoms with Gasteiger partial charge in [-0.25, -0.2) is 9.59 Å². The van der Waals surface area contributed by atoms with Crippen molar-refractivity contribution in [1.82, 2.24) is 25.5 Å². The van der Waals surface area contributed by atoms with Gasteiger partial charge in [0.2, 0.25) is 5.89 Å². The molecule has 2 unspecified atom stereocenters. The maximum atomic E-state index is 13.0. The van der Waals surface area contributed by atoms with Gasteiger partial charge in [-0.1, -0.05) is 35.4 Å². The molecule has 2 aliphatic rings. The Bertz CT molecular complexity index is 1030. The molecule has 0 aliphatic carbocycles. The molecule has 0 spiro atoms. The molecule has 0 radical (unpaired) electrons. The number of aliphatic imine (C=N–C) groups is 1. The van der Waals surface area contributed by atoms with Crippen LogP contribution in [-0.4, -0.2) is 56.3 Å². The highest BCUT2D eigenvalue weighted by molar-refractivity contribution is 5.94. The van der Waals surface area contributed by atoms with Crippen LogP contribution < -0.4 is 5.32 Å². The fraction of sp³-hybridized carbons (Fsp3) is 0.500. The zero-order chi connectivity index (χ0) is 23.6. The van der Waals surface area contributed by atoms with Crippen molar-refractivity contribution >= 4 is 24.0 Å². The first kappa shape index (κ1) is 22.7. The quantitative estimate of drug-likeness (QED) is 0.537. The number of hydrogen-bond donors (Lipinski definition) is 1. The number of nitrogens with zero attached hydrogens (tertiary/aromatic N) is 5. The van der Waals surface area contributed by atoms with Crippen LogP contribution in [0.4, 0.5) is 15.6 Å². The molecule has 4 rings (SSSR count). The van der Waals surface area contributed by atoms with Gasteiger partial charge in [0.15, 0.2) is 0 Å². The Hall–Kier alpha value is -3.47. The first-order valence-electron chi connectivity index (χ1n) is 10.8. The Labute approximate surface area is 191 Å². The fourth-order valence-electron chi connectivity index (χ4n) is 3.80. The maximum absolute atomic E-state index is 13.0. The normalized spacial score (nSPS) is 20.8. The second-order valence-corrected chi connectivity index (χ2v) is 9.01. The molecule has 11 heteroatoms. The average Bonchev–Trinajstić information content (AvgIpc) is 3.29. The van der Waals surface area contributed by atoms with Crippen molar-refractivity contribution in [3.63, 3.8) is 0 Å². The Morgan fingerprint density at radius 3 is 2.73 bits per heavy atom. The molecule has 2 aromatic rings. The van der Waals surface area contributed by atoms with E-state index in [9.17, 15) is 9.59 Å². The molecule has 2 fully saturated rings. The number of carbonyl (C=O) groups is 2. The molecule has 3 heterocycles. The van der Waals surface area contributed by atoms with Crippen molar-refractivity contribution in [3.05, 3.63) is 41.8 Å². The van der Waals surface area contributed by atoms with Crippen LogP contribution in [0.25, 0.3) is 0 Å². The van der Waals surface area contributed by atoms with Gasteiger partial charge in [-0.3, -0.25) is 10.2 Å². The van der Waals surface area contributed by atoms with Crippen molar-refractivity contribution in [3.8, 4) is 0 Å². The number of rotatable bonds is 5. The van der Waals surface area contributed by atoms with Gasteiger partial charge in [0.25, 0.3) is 0 Å². The highest BCUT2D eigenvalue weighted by Crippen LogP contribution is 2.38. The number of alkyl carbamates (subject to hydrolysis) is 1. The lowest BCUT2D eigenvalue weighted by Crippen LogP contribution is -2.35. The van der Waals surface area contributed by atoms with Gasteiger partial charge in [0.05, 0.1) is 6.04 Å². The minimum absolute atomic E-state index is 0.00971. The molecule has 176 valence electrons. The van der Waals surface area contributed by atoms with Crippen molar-refractivity contribution in [2.24, 2.45) is 4.99 Å². The van der Waals surface area contributed by atoms with Gasteiger partial charge < -0.3 is 14.1 Å². The van der Waals surface area contributed by atoms with E-state index in [2.05, 4.69) is 20.5 Å². The number of carbonyl (C=O) groups excluding carboxylic acids is 2.